The summed E-state index contributed by atoms with van der Waals surface area (Å²) in [6.07, 6.45) is 10.9. The predicted molar refractivity (Wildman–Crippen MR) is 82.8 cm³/mol. The Balaban J connectivity index is 4.16. The molecule has 0 aliphatic carbocycles. The first kappa shape index (κ1) is 19.5. The van der Waals surface area contributed by atoms with Gasteiger partial charge < -0.3 is 0 Å². The van der Waals surface area contributed by atoms with Crippen molar-refractivity contribution >= 4 is 0 Å². The molecule has 0 radical (unpaired) electrons. The summed E-state index contributed by atoms with van der Waals surface area (Å²) in [6.45, 7) is 14.7. The van der Waals surface area contributed by atoms with E-state index in [-0.39, 0.29) is 0 Å². The van der Waals surface area contributed by atoms with E-state index in [4.69, 9.17) is 0 Å². The van der Waals surface area contributed by atoms with E-state index in [1.807, 2.05) is 0 Å². The van der Waals surface area contributed by atoms with Crippen molar-refractivity contribution in [3.63, 3.8) is 0 Å². The summed E-state index contributed by atoms with van der Waals surface area (Å²) in [5, 5.41) is 0. The van der Waals surface area contributed by atoms with Crippen LogP contribution in [0.2, 0.25) is 0 Å². The van der Waals surface area contributed by atoms with Crippen molar-refractivity contribution in [2.45, 2.75) is 79.1 Å². The summed E-state index contributed by atoms with van der Waals surface area (Å²) in [5.41, 5.74) is 0. The van der Waals surface area contributed by atoms with E-state index in [9.17, 15) is 0 Å². The average Bonchev–Trinajstić information content (AvgIpc) is 2.44. The zero-order chi connectivity index (χ0) is 14.3. The molecule has 0 saturated heterocycles. The van der Waals surface area contributed by atoms with E-state index >= 15 is 0 Å². The second-order valence-electron chi connectivity index (χ2n) is 5.79. The summed E-state index contributed by atoms with van der Waals surface area (Å²) in [7, 11) is 0. The monoisotopic (exact) mass is 320 g/mol. The molecule has 3 heteroatoms. The van der Waals surface area contributed by atoms with Crippen molar-refractivity contribution in [2.75, 3.05) is 26.2 Å². The normalized spacial score (nSPS) is 11.3. The average molecular weight is 322 g/mol. The molecule has 19 heavy (non-hydrogen) atoms. The van der Waals surface area contributed by atoms with E-state index in [0.29, 0.717) is 0 Å². The molecule has 0 N–H and O–H groups in total. The van der Waals surface area contributed by atoms with Gasteiger partial charge in [-0.2, -0.15) is 0 Å². The van der Waals surface area contributed by atoms with Gasteiger partial charge >= 0.3 is 130 Å². The van der Waals surface area contributed by atoms with E-state index < -0.39 is 17.6 Å². The van der Waals surface area contributed by atoms with Gasteiger partial charge in [-0.3, -0.25) is 0 Å². The van der Waals surface area contributed by atoms with Gasteiger partial charge in [0.2, 0.25) is 0 Å². The van der Waals surface area contributed by atoms with Crippen LogP contribution in [0.4, 0.5) is 0 Å². The van der Waals surface area contributed by atoms with Gasteiger partial charge in [-0.25, -0.2) is 0 Å². The van der Waals surface area contributed by atoms with Crippen molar-refractivity contribution in [3.05, 3.63) is 0 Å². The third-order valence-electron chi connectivity index (χ3n) is 3.71. The van der Waals surface area contributed by atoms with Crippen LogP contribution in [0.15, 0.2) is 0 Å². The molecule has 0 amide bonds. The Kier molecular flexibility index (Phi) is 15.4. The van der Waals surface area contributed by atoms with Crippen LogP contribution in [0.3, 0.4) is 0 Å². The van der Waals surface area contributed by atoms with Crippen molar-refractivity contribution in [1.82, 2.24) is 7.29 Å². The molecule has 0 bridgehead atoms. The SMILES string of the molecule is CCCC[N](CCCC)[Zn][N](CCCC)CCCC. The summed E-state index contributed by atoms with van der Waals surface area (Å²) >= 11 is -0.655. The molecule has 0 aromatic carbocycles. The molecular weight excluding hydrogens is 286 g/mol. The molecule has 0 fully saturated rings. The molecule has 0 heterocycles. The van der Waals surface area contributed by atoms with Crippen molar-refractivity contribution in [3.8, 4) is 0 Å². The number of hydrogen-bond acceptors (Lipinski definition) is 2. The summed E-state index contributed by atoms with van der Waals surface area (Å²) < 4.78 is 5.73. The molecule has 112 valence electrons. The van der Waals surface area contributed by atoms with Crippen LogP contribution in [0.1, 0.15) is 79.1 Å². The molecular formula is C16H36N2Zn. The van der Waals surface area contributed by atoms with Gasteiger partial charge in [-0.1, -0.05) is 0 Å². The van der Waals surface area contributed by atoms with Crippen molar-refractivity contribution < 1.29 is 17.6 Å². The molecule has 0 unspecified atom stereocenters. The summed E-state index contributed by atoms with van der Waals surface area (Å²) in [6, 6.07) is 0. The van der Waals surface area contributed by atoms with E-state index in [2.05, 4.69) is 35.0 Å². The predicted octanol–water partition coefficient (Wildman–Crippen LogP) is 4.70. The Morgan fingerprint density at radius 3 is 1.00 bits per heavy atom. The minimum atomic E-state index is -0.655. The maximum absolute atomic E-state index is 2.87. The van der Waals surface area contributed by atoms with Gasteiger partial charge in [-0.15, -0.1) is 0 Å². The Morgan fingerprint density at radius 1 is 0.526 bits per heavy atom. The zero-order valence-corrected chi connectivity index (χ0v) is 17.1. The van der Waals surface area contributed by atoms with E-state index in [0.717, 1.165) is 0 Å². The molecule has 0 aliphatic rings. The standard InChI is InChI=1S/2C8H18N.Zn/c2*1-3-5-7-9-8-6-4-2;/h2*3-8H2,1-2H3;/q2*-1;+2. The van der Waals surface area contributed by atoms with Crippen molar-refractivity contribution in [2.24, 2.45) is 0 Å². The molecule has 0 spiro atoms. The number of unbranched alkanes of at least 4 members (excludes halogenated alkanes) is 4. The van der Waals surface area contributed by atoms with Crippen LogP contribution in [-0.2, 0) is 17.6 Å². The molecule has 0 rings (SSSR count). The quantitative estimate of drug-likeness (QED) is 0.428. The minimum absolute atomic E-state index is 0.655. The molecule has 0 aliphatic heterocycles. The molecule has 0 saturated carbocycles. The van der Waals surface area contributed by atoms with Crippen LogP contribution in [0, 0.1) is 0 Å². The Bertz CT molecular complexity index is 142. The molecule has 0 aromatic heterocycles. The topological polar surface area (TPSA) is 6.48 Å². The number of rotatable bonds is 14. The van der Waals surface area contributed by atoms with E-state index in [1.54, 1.807) is 0 Å². The van der Waals surface area contributed by atoms with Crippen LogP contribution >= 0.6 is 0 Å². The second kappa shape index (κ2) is 14.9. The first-order chi connectivity index (χ1) is 9.28. The van der Waals surface area contributed by atoms with Gasteiger partial charge in [0.1, 0.15) is 0 Å². The van der Waals surface area contributed by atoms with Crippen LogP contribution < -0.4 is 0 Å². The van der Waals surface area contributed by atoms with Gasteiger partial charge in [0.05, 0.1) is 0 Å². The fourth-order valence-electron chi connectivity index (χ4n) is 2.32. The Labute approximate surface area is 130 Å². The fraction of sp³-hybridized carbons (Fsp3) is 1.00. The van der Waals surface area contributed by atoms with Gasteiger partial charge in [0.15, 0.2) is 0 Å². The molecule has 0 atom stereocenters. The summed E-state index contributed by atoms with van der Waals surface area (Å²) in [5.74, 6) is 0. The second-order valence-corrected chi connectivity index (χ2v) is 10.1. The van der Waals surface area contributed by atoms with Gasteiger partial charge in [0, 0.05) is 0 Å². The third kappa shape index (κ3) is 12.0. The molecule has 0 aromatic rings. The van der Waals surface area contributed by atoms with Crippen molar-refractivity contribution in [1.29, 1.82) is 0 Å². The first-order valence-electron chi connectivity index (χ1n) is 8.73. The Hall–Kier alpha value is 0.543. The zero-order valence-electron chi connectivity index (χ0n) is 14.1. The number of nitrogens with zero attached hydrogens (tertiary/aromatic N) is 2. The molecule has 2 nitrogen and oxygen atoms in total. The van der Waals surface area contributed by atoms with E-state index in [1.165, 1.54) is 77.5 Å². The van der Waals surface area contributed by atoms with Crippen LogP contribution in [0.5, 0.6) is 0 Å². The third-order valence-corrected chi connectivity index (χ3v) is 8.04. The van der Waals surface area contributed by atoms with Gasteiger partial charge in [-0.05, 0) is 0 Å². The fourth-order valence-corrected chi connectivity index (χ4v) is 6.57. The number of hydrogen-bond donors (Lipinski definition) is 0. The maximum atomic E-state index is 2.87. The first-order valence-corrected chi connectivity index (χ1v) is 11.4. The summed E-state index contributed by atoms with van der Waals surface area (Å²) in [4.78, 5) is 0. The van der Waals surface area contributed by atoms with Gasteiger partial charge in [0.25, 0.3) is 0 Å². The van der Waals surface area contributed by atoms with Crippen LogP contribution in [0.25, 0.3) is 0 Å². The van der Waals surface area contributed by atoms with Crippen LogP contribution in [-0.4, -0.2) is 33.5 Å². The Morgan fingerprint density at radius 2 is 0.789 bits per heavy atom.